The summed E-state index contributed by atoms with van der Waals surface area (Å²) in [4.78, 5) is 13.7. The number of piperazine rings is 1. The molecule has 2 aromatic rings. The van der Waals surface area contributed by atoms with Crippen LogP contribution in [0, 0.1) is 5.92 Å². The monoisotopic (exact) mass is 438 g/mol. The zero-order valence-electron chi connectivity index (χ0n) is 15.1. The summed E-state index contributed by atoms with van der Waals surface area (Å²) in [6.07, 6.45) is 4.77. The van der Waals surface area contributed by atoms with Crippen LogP contribution in [0.3, 0.4) is 0 Å². The average molecular weight is 439 g/mol. The molecular weight excluding hydrogens is 416 g/mol. The van der Waals surface area contributed by atoms with Crippen molar-refractivity contribution in [3.05, 3.63) is 41.1 Å². The van der Waals surface area contributed by atoms with Crippen molar-refractivity contribution in [2.75, 3.05) is 35.7 Å². The molecule has 1 aliphatic rings. The van der Waals surface area contributed by atoms with Crippen molar-refractivity contribution >= 4 is 37.4 Å². The van der Waals surface area contributed by atoms with Gasteiger partial charge in [0.1, 0.15) is 0 Å². The Labute approximate surface area is 163 Å². The minimum absolute atomic E-state index is 0.242. The molecule has 1 unspecified atom stereocenters. The van der Waals surface area contributed by atoms with E-state index < -0.39 is 9.84 Å². The van der Waals surface area contributed by atoms with Crippen molar-refractivity contribution in [1.82, 2.24) is 9.97 Å². The lowest BCUT2D eigenvalue weighted by Gasteiger charge is -2.44. The molecule has 0 aliphatic carbocycles. The van der Waals surface area contributed by atoms with E-state index in [1.165, 1.54) is 6.26 Å². The van der Waals surface area contributed by atoms with E-state index in [1.54, 1.807) is 30.6 Å². The third kappa shape index (κ3) is 4.17. The summed E-state index contributed by atoms with van der Waals surface area (Å²) in [6, 6.07) is 7.42. The first-order valence-electron chi connectivity index (χ1n) is 8.55. The van der Waals surface area contributed by atoms with Crippen LogP contribution in [0.2, 0.25) is 0 Å². The Morgan fingerprint density at radius 2 is 1.88 bits per heavy atom. The van der Waals surface area contributed by atoms with Crippen LogP contribution in [0.15, 0.2) is 46.0 Å². The molecule has 1 saturated heterocycles. The van der Waals surface area contributed by atoms with E-state index in [0.29, 0.717) is 10.8 Å². The SMILES string of the molecule is CC(C)C1CN(c2cccc(S(C)(=O)=O)c2)CCN1c1ncc(Br)cn1. The molecule has 1 aromatic carbocycles. The van der Waals surface area contributed by atoms with Crippen LogP contribution in [0.25, 0.3) is 0 Å². The number of sulfone groups is 1. The lowest BCUT2D eigenvalue weighted by atomic mass is 9.99. The Hall–Kier alpha value is -1.67. The Morgan fingerprint density at radius 1 is 1.19 bits per heavy atom. The van der Waals surface area contributed by atoms with E-state index >= 15 is 0 Å². The molecule has 1 fully saturated rings. The van der Waals surface area contributed by atoms with Gasteiger partial charge >= 0.3 is 0 Å². The summed E-state index contributed by atoms with van der Waals surface area (Å²) in [5, 5.41) is 0. The van der Waals surface area contributed by atoms with E-state index in [1.807, 2.05) is 6.07 Å². The van der Waals surface area contributed by atoms with Gasteiger partial charge < -0.3 is 9.80 Å². The van der Waals surface area contributed by atoms with Gasteiger partial charge in [-0.2, -0.15) is 0 Å². The van der Waals surface area contributed by atoms with E-state index in [-0.39, 0.29) is 6.04 Å². The molecule has 0 amide bonds. The second kappa shape index (κ2) is 7.52. The van der Waals surface area contributed by atoms with Gasteiger partial charge in [0.25, 0.3) is 0 Å². The molecule has 8 heteroatoms. The fourth-order valence-corrected chi connectivity index (χ4v) is 4.09. The fraction of sp³-hybridized carbons (Fsp3) is 0.444. The van der Waals surface area contributed by atoms with Crippen LogP contribution in [0.1, 0.15) is 13.8 Å². The molecule has 0 saturated carbocycles. The summed E-state index contributed by atoms with van der Waals surface area (Å²) in [5.74, 6) is 1.14. The number of hydrogen-bond acceptors (Lipinski definition) is 6. The van der Waals surface area contributed by atoms with Gasteiger partial charge in [0.15, 0.2) is 9.84 Å². The van der Waals surface area contributed by atoms with Crippen molar-refractivity contribution in [3.8, 4) is 0 Å². The average Bonchev–Trinajstić information content (AvgIpc) is 2.61. The Morgan fingerprint density at radius 3 is 2.50 bits per heavy atom. The van der Waals surface area contributed by atoms with Crippen LogP contribution in [0.4, 0.5) is 11.6 Å². The van der Waals surface area contributed by atoms with Gasteiger partial charge in [-0.25, -0.2) is 18.4 Å². The van der Waals surface area contributed by atoms with E-state index in [0.717, 1.165) is 35.7 Å². The summed E-state index contributed by atoms with van der Waals surface area (Å²) >= 11 is 3.38. The molecule has 1 atom stereocenters. The van der Waals surface area contributed by atoms with Crippen LogP contribution in [-0.4, -0.2) is 50.3 Å². The van der Waals surface area contributed by atoms with Gasteiger partial charge in [0.2, 0.25) is 5.95 Å². The Bertz CT molecular complexity index is 871. The minimum Gasteiger partial charge on any atom is -0.368 e. The van der Waals surface area contributed by atoms with E-state index in [4.69, 9.17) is 0 Å². The van der Waals surface area contributed by atoms with Crippen LogP contribution in [-0.2, 0) is 9.84 Å². The first-order valence-corrected chi connectivity index (χ1v) is 11.2. The van der Waals surface area contributed by atoms with E-state index in [2.05, 4.69) is 49.5 Å². The Balaban J connectivity index is 1.85. The minimum atomic E-state index is -3.21. The van der Waals surface area contributed by atoms with Crippen molar-refractivity contribution in [2.45, 2.75) is 24.8 Å². The second-order valence-electron chi connectivity index (χ2n) is 6.92. The lowest BCUT2D eigenvalue weighted by molar-refractivity contribution is 0.413. The van der Waals surface area contributed by atoms with Crippen molar-refractivity contribution < 1.29 is 8.42 Å². The second-order valence-corrected chi connectivity index (χ2v) is 9.85. The maximum absolute atomic E-state index is 11.9. The maximum Gasteiger partial charge on any atom is 0.225 e. The molecule has 140 valence electrons. The molecular formula is C18H23BrN4O2S. The largest absolute Gasteiger partial charge is 0.368 e. The summed E-state index contributed by atoms with van der Waals surface area (Å²) in [6.45, 7) is 6.74. The third-order valence-electron chi connectivity index (χ3n) is 4.66. The lowest BCUT2D eigenvalue weighted by Crippen LogP contribution is -2.56. The van der Waals surface area contributed by atoms with Crippen molar-refractivity contribution in [1.29, 1.82) is 0 Å². The highest BCUT2D eigenvalue weighted by molar-refractivity contribution is 9.10. The summed E-state index contributed by atoms with van der Waals surface area (Å²) in [7, 11) is -3.21. The molecule has 2 heterocycles. The van der Waals surface area contributed by atoms with Gasteiger partial charge in [0.05, 0.1) is 15.4 Å². The van der Waals surface area contributed by atoms with Gasteiger partial charge in [0, 0.05) is 44.0 Å². The van der Waals surface area contributed by atoms with Crippen LogP contribution in [0.5, 0.6) is 0 Å². The number of anilines is 2. The highest BCUT2D eigenvalue weighted by atomic mass is 79.9. The topological polar surface area (TPSA) is 66.4 Å². The first kappa shape index (κ1) is 19.1. The molecule has 3 rings (SSSR count). The fourth-order valence-electron chi connectivity index (χ4n) is 3.23. The summed E-state index contributed by atoms with van der Waals surface area (Å²) < 4.78 is 24.6. The molecule has 1 aliphatic heterocycles. The van der Waals surface area contributed by atoms with Crippen molar-refractivity contribution in [2.24, 2.45) is 5.92 Å². The maximum atomic E-state index is 11.9. The highest BCUT2D eigenvalue weighted by Gasteiger charge is 2.31. The number of rotatable bonds is 4. The third-order valence-corrected chi connectivity index (χ3v) is 6.18. The molecule has 6 nitrogen and oxygen atoms in total. The number of nitrogens with zero attached hydrogens (tertiary/aromatic N) is 4. The first-order chi connectivity index (χ1) is 12.3. The highest BCUT2D eigenvalue weighted by Crippen LogP contribution is 2.27. The predicted octanol–water partition coefficient (Wildman–Crippen LogP) is 2.99. The molecule has 26 heavy (non-hydrogen) atoms. The van der Waals surface area contributed by atoms with Gasteiger partial charge in [-0.1, -0.05) is 19.9 Å². The molecule has 0 spiro atoms. The number of hydrogen-bond donors (Lipinski definition) is 0. The molecule has 0 radical (unpaired) electrons. The number of benzene rings is 1. The van der Waals surface area contributed by atoms with Gasteiger partial charge in [-0.15, -0.1) is 0 Å². The zero-order chi connectivity index (χ0) is 18.9. The van der Waals surface area contributed by atoms with Gasteiger partial charge in [-0.3, -0.25) is 0 Å². The molecule has 1 aromatic heterocycles. The van der Waals surface area contributed by atoms with Gasteiger partial charge in [-0.05, 0) is 40.0 Å². The summed E-state index contributed by atoms with van der Waals surface area (Å²) in [5.41, 5.74) is 0.940. The van der Waals surface area contributed by atoms with E-state index in [9.17, 15) is 8.42 Å². The van der Waals surface area contributed by atoms with Crippen LogP contribution < -0.4 is 9.80 Å². The number of halogens is 1. The zero-order valence-corrected chi connectivity index (χ0v) is 17.5. The molecule has 0 bridgehead atoms. The normalized spacial score (nSPS) is 18.4. The van der Waals surface area contributed by atoms with Crippen LogP contribution >= 0.6 is 15.9 Å². The molecule has 0 N–H and O–H groups in total. The quantitative estimate of drug-likeness (QED) is 0.730. The Kier molecular flexibility index (Phi) is 5.53. The van der Waals surface area contributed by atoms with Crippen molar-refractivity contribution in [3.63, 3.8) is 0 Å². The smallest absolute Gasteiger partial charge is 0.225 e. The number of aromatic nitrogens is 2. The predicted molar refractivity (Wildman–Crippen MR) is 107 cm³/mol. The standard InChI is InChI=1S/C18H23BrN4O2S/c1-13(2)17-12-22(15-5-4-6-16(9-15)26(3,24)25)7-8-23(17)18-20-10-14(19)11-21-18/h4-6,9-11,13,17H,7-8,12H2,1-3H3.